The van der Waals surface area contributed by atoms with Crippen LogP contribution in [-0.4, -0.2) is 29.6 Å². The van der Waals surface area contributed by atoms with Crippen LogP contribution in [0.1, 0.15) is 20.3 Å². The summed E-state index contributed by atoms with van der Waals surface area (Å²) in [5.41, 5.74) is 0. The lowest BCUT2D eigenvalue weighted by molar-refractivity contribution is -0.142. The Morgan fingerprint density at radius 3 is 2.55 bits per heavy atom. The number of carbonyl (C=O) groups excluding carboxylic acids is 1. The Kier molecular flexibility index (Phi) is 6.31. The molecule has 1 aromatic carbocycles. The molecule has 5 nitrogen and oxygen atoms in total. The second kappa shape index (κ2) is 7.75. The predicted octanol–water partition coefficient (Wildman–Crippen LogP) is 2.33. The average Bonchev–Trinajstić information content (AvgIpc) is 2.36. The lowest BCUT2D eigenvalue weighted by Gasteiger charge is -2.16. The van der Waals surface area contributed by atoms with Crippen molar-refractivity contribution in [2.45, 2.75) is 26.3 Å². The minimum atomic E-state index is -1.05. The molecule has 1 rings (SSSR count). The number of halogens is 1. The van der Waals surface area contributed by atoms with Crippen LogP contribution in [0.4, 0.5) is 0 Å². The molecule has 2 N–H and O–H groups in total. The molecule has 0 heterocycles. The fourth-order valence-electron chi connectivity index (χ4n) is 1.63. The summed E-state index contributed by atoms with van der Waals surface area (Å²) in [5.74, 6) is -0.983. The SMILES string of the molecule is CC(C)C[C@H](NC(=O)COc1ccccc1Cl)C(=O)O. The number of nitrogens with one attached hydrogen (secondary N) is 1. The van der Waals surface area contributed by atoms with E-state index >= 15 is 0 Å². The van der Waals surface area contributed by atoms with Gasteiger partial charge in [0.25, 0.3) is 5.91 Å². The maximum Gasteiger partial charge on any atom is 0.326 e. The van der Waals surface area contributed by atoms with Crippen molar-refractivity contribution in [3.8, 4) is 5.75 Å². The highest BCUT2D eigenvalue weighted by atomic mass is 35.5. The lowest BCUT2D eigenvalue weighted by Crippen LogP contribution is -2.43. The third kappa shape index (κ3) is 5.48. The molecular weight excluding hydrogens is 282 g/mol. The number of carboxylic acids is 1. The number of carboxylic acid groups (broad SMARTS) is 1. The largest absolute Gasteiger partial charge is 0.482 e. The number of aliphatic carboxylic acids is 1. The quantitative estimate of drug-likeness (QED) is 0.810. The molecule has 0 aliphatic rings. The highest BCUT2D eigenvalue weighted by Crippen LogP contribution is 2.22. The summed E-state index contributed by atoms with van der Waals surface area (Å²) in [6.07, 6.45) is 0.368. The van der Waals surface area contributed by atoms with E-state index in [9.17, 15) is 9.59 Å². The molecule has 6 heteroatoms. The van der Waals surface area contributed by atoms with E-state index in [-0.39, 0.29) is 12.5 Å². The minimum absolute atomic E-state index is 0.167. The first-order valence-corrected chi connectivity index (χ1v) is 6.67. The second-order valence-electron chi connectivity index (χ2n) is 4.81. The van der Waals surface area contributed by atoms with Crippen LogP contribution in [0.5, 0.6) is 5.75 Å². The van der Waals surface area contributed by atoms with Gasteiger partial charge in [-0.25, -0.2) is 4.79 Å². The Morgan fingerprint density at radius 1 is 1.35 bits per heavy atom. The zero-order chi connectivity index (χ0) is 15.1. The van der Waals surface area contributed by atoms with Gasteiger partial charge in [-0.2, -0.15) is 0 Å². The van der Waals surface area contributed by atoms with E-state index in [1.807, 2.05) is 13.8 Å². The van der Waals surface area contributed by atoms with E-state index in [1.54, 1.807) is 24.3 Å². The first kappa shape index (κ1) is 16.3. The maximum atomic E-state index is 11.7. The van der Waals surface area contributed by atoms with Gasteiger partial charge in [-0.3, -0.25) is 4.79 Å². The molecule has 0 fully saturated rings. The fraction of sp³-hybridized carbons (Fsp3) is 0.429. The van der Waals surface area contributed by atoms with Gasteiger partial charge in [-0.15, -0.1) is 0 Å². The van der Waals surface area contributed by atoms with Crippen molar-refractivity contribution in [1.82, 2.24) is 5.32 Å². The third-order valence-electron chi connectivity index (χ3n) is 2.54. The summed E-state index contributed by atoms with van der Waals surface area (Å²) in [4.78, 5) is 22.7. The molecule has 110 valence electrons. The fourth-order valence-corrected chi connectivity index (χ4v) is 1.82. The molecule has 1 atom stereocenters. The number of hydrogen-bond donors (Lipinski definition) is 2. The van der Waals surface area contributed by atoms with Crippen LogP contribution >= 0.6 is 11.6 Å². The van der Waals surface area contributed by atoms with Crippen molar-refractivity contribution in [2.75, 3.05) is 6.61 Å². The highest BCUT2D eigenvalue weighted by molar-refractivity contribution is 6.32. The second-order valence-corrected chi connectivity index (χ2v) is 5.21. The van der Waals surface area contributed by atoms with Gasteiger partial charge in [-0.1, -0.05) is 37.6 Å². The van der Waals surface area contributed by atoms with Gasteiger partial charge in [0, 0.05) is 0 Å². The van der Waals surface area contributed by atoms with Crippen molar-refractivity contribution < 1.29 is 19.4 Å². The van der Waals surface area contributed by atoms with Crippen LogP contribution in [-0.2, 0) is 9.59 Å². The molecule has 1 aromatic rings. The zero-order valence-electron chi connectivity index (χ0n) is 11.4. The van der Waals surface area contributed by atoms with Crippen molar-refractivity contribution in [3.05, 3.63) is 29.3 Å². The van der Waals surface area contributed by atoms with Gasteiger partial charge in [0.2, 0.25) is 0 Å². The molecule has 0 aliphatic heterocycles. The maximum absolute atomic E-state index is 11.7. The van der Waals surface area contributed by atoms with Crippen LogP contribution in [0.15, 0.2) is 24.3 Å². The third-order valence-corrected chi connectivity index (χ3v) is 2.85. The molecule has 0 aliphatic carbocycles. The molecule has 0 unspecified atom stereocenters. The lowest BCUT2D eigenvalue weighted by atomic mass is 10.0. The van der Waals surface area contributed by atoms with Crippen LogP contribution in [0.2, 0.25) is 5.02 Å². The van der Waals surface area contributed by atoms with Gasteiger partial charge in [-0.05, 0) is 24.5 Å². The summed E-state index contributed by atoms with van der Waals surface area (Å²) in [6, 6.07) is 5.86. The smallest absolute Gasteiger partial charge is 0.326 e. The Hall–Kier alpha value is -1.75. The molecule has 0 bridgehead atoms. The summed E-state index contributed by atoms with van der Waals surface area (Å²) >= 11 is 5.88. The van der Waals surface area contributed by atoms with E-state index in [0.29, 0.717) is 17.2 Å². The van der Waals surface area contributed by atoms with Crippen LogP contribution < -0.4 is 10.1 Å². The number of rotatable bonds is 7. The normalized spacial score (nSPS) is 12.0. The van der Waals surface area contributed by atoms with E-state index in [2.05, 4.69) is 5.32 Å². The minimum Gasteiger partial charge on any atom is -0.482 e. The average molecular weight is 300 g/mol. The molecular formula is C14H18ClNO4. The van der Waals surface area contributed by atoms with E-state index in [4.69, 9.17) is 21.4 Å². The number of carbonyl (C=O) groups is 2. The Morgan fingerprint density at radius 2 is 2.00 bits per heavy atom. The summed E-state index contributed by atoms with van der Waals surface area (Å²) in [6.45, 7) is 3.51. The Labute approximate surface area is 122 Å². The molecule has 0 saturated heterocycles. The Balaban J connectivity index is 2.50. The molecule has 0 spiro atoms. The molecule has 0 aromatic heterocycles. The van der Waals surface area contributed by atoms with Crippen molar-refractivity contribution in [2.24, 2.45) is 5.92 Å². The van der Waals surface area contributed by atoms with Gasteiger partial charge in [0.1, 0.15) is 11.8 Å². The number of amides is 1. The van der Waals surface area contributed by atoms with Gasteiger partial charge in [0.05, 0.1) is 5.02 Å². The van der Waals surface area contributed by atoms with Crippen LogP contribution in [0.25, 0.3) is 0 Å². The van der Waals surface area contributed by atoms with Crippen molar-refractivity contribution in [3.63, 3.8) is 0 Å². The number of para-hydroxylation sites is 1. The van der Waals surface area contributed by atoms with E-state index in [1.165, 1.54) is 0 Å². The zero-order valence-corrected chi connectivity index (χ0v) is 12.2. The Bertz CT molecular complexity index is 476. The van der Waals surface area contributed by atoms with Crippen molar-refractivity contribution >= 4 is 23.5 Å². The number of hydrogen-bond acceptors (Lipinski definition) is 3. The standard InChI is InChI=1S/C14H18ClNO4/c1-9(2)7-11(14(18)19)16-13(17)8-20-12-6-4-3-5-10(12)15/h3-6,9,11H,7-8H2,1-2H3,(H,16,17)(H,18,19)/t11-/m0/s1. The summed E-state index contributed by atoms with van der Waals surface area (Å²) in [7, 11) is 0. The van der Waals surface area contributed by atoms with Crippen LogP contribution in [0.3, 0.4) is 0 Å². The molecule has 20 heavy (non-hydrogen) atoms. The van der Waals surface area contributed by atoms with Gasteiger partial charge >= 0.3 is 5.97 Å². The van der Waals surface area contributed by atoms with Gasteiger partial charge < -0.3 is 15.2 Å². The number of benzene rings is 1. The van der Waals surface area contributed by atoms with Crippen molar-refractivity contribution in [1.29, 1.82) is 0 Å². The monoisotopic (exact) mass is 299 g/mol. The molecule has 0 saturated carbocycles. The molecule has 1 amide bonds. The predicted molar refractivity (Wildman–Crippen MR) is 76.0 cm³/mol. The van der Waals surface area contributed by atoms with Crippen LogP contribution in [0, 0.1) is 5.92 Å². The topological polar surface area (TPSA) is 75.6 Å². The summed E-state index contributed by atoms with van der Waals surface area (Å²) in [5, 5.41) is 11.9. The first-order valence-electron chi connectivity index (χ1n) is 6.29. The first-order chi connectivity index (χ1) is 9.40. The summed E-state index contributed by atoms with van der Waals surface area (Å²) < 4.78 is 5.25. The van der Waals surface area contributed by atoms with E-state index in [0.717, 1.165) is 0 Å². The highest BCUT2D eigenvalue weighted by Gasteiger charge is 2.21. The molecule has 0 radical (unpaired) electrons. The van der Waals surface area contributed by atoms with E-state index < -0.39 is 17.9 Å². The van der Waals surface area contributed by atoms with Gasteiger partial charge in [0.15, 0.2) is 6.61 Å². The number of ether oxygens (including phenoxy) is 1.